The average Bonchev–Trinajstić information content (AvgIpc) is 3.23. The third kappa shape index (κ3) is 4.80. The summed E-state index contributed by atoms with van der Waals surface area (Å²) in [5.74, 6) is 1.15. The zero-order valence-corrected chi connectivity index (χ0v) is 20.3. The molecule has 0 saturated carbocycles. The van der Waals surface area contributed by atoms with Gasteiger partial charge >= 0.3 is 0 Å². The number of carbonyl (C=O) groups excluding carboxylic acids is 1. The van der Waals surface area contributed by atoms with Gasteiger partial charge in [-0.2, -0.15) is 0 Å². The lowest BCUT2D eigenvalue weighted by Gasteiger charge is -2.12. The average molecular weight is 476 g/mol. The fourth-order valence-corrected chi connectivity index (χ4v) is 4.02. The summed E-state index contributed by atoms with van der Waals surface area (Å²) in [5.41, 5.74) is 5.68. The second kappa shape index (κ2) is 10.1. The van der Waals surface area contributed by atoms with E-state index in [1.165, 1.54) is 0 Å². The molecule has 1 N–H and O–H groups in total. The van der Waals surface area contributed by atoms with E-state index in [0.29, 0.717) is 28.6 Å². The van der Waals surface area contributed by atoms with Gasteiger partial charge in [0.2, 0.25) is 5.91 Å². The van der Waals surface area contributed by atoms with Crippen LogP contribution in [0.3, 0.4) is 0 Å². The molecule has 174 valence electrons. The number of carbonyl (C=O) groups is 1. The number of benzene rings is 3. The summed E-state index contributed by atoms with van der Waals surface area (Å²) in [6.45, 7) is 6.20. The Bertz CT molecular complexity index is 1390. The number of fused-ring (bicyclic) bond motifs is 1. The molecule has 4 aromatic rings. The number of hydrogen-bond acceptors (Lipinski definition) is 4. The smallest absolute Gasteiger partial charge is 0.248 e. The van der Waals surface area contributed by atoms with E-state index >= 15 is 0 Å². The Morgan fingerprint density at radius 2 is 1.88 bits per heavy atom. The monoisotopic (exact) mass is 475 g/mol. The highest BCUT2D eigenvalue weighted by Crippen LogP contribution is 2.40. The molecule has 0 aliphatic heterocycles. The third-order valence-electron chi connectivity index (χ3n) is 5.58. The van der Waals surface area contributed by atoms with E-state index in [4.69, 9.17) is 25.5 Å². The maximum absolute atomic E-state index is 12.7. The predicted octanol–water partition coefficient (Wildman–Crippen LogP) is 7.51. The fourth-order valence-electron chi connectivity index (χ4n) is 3.84. The van der Waals surface area contributed by atoms with Gasteiger partial charge in [0.15, 0.2) is 0 Å². The van der Waals surface area contributed by atoms with Crippen LogP contribution in [0.5, 0.6) is 11.5 Å². The minimum atomic E-state index is -0.253. The molecule has 0 unspecified atom stereocenters. The van der Waals surface area contributed by atoms with Crippen LogP contribution in [0.2, 0.25) is 5.02 Å². The molecule has 0 fully saturated rings. The van der Waals surface area contributed by atoms with E-state index < -0.39 is 0 Å². The van der Waals surface area contributed by atoms with Gasteiger partial charge in [-0.25, -0.2) is 0 Å². The summed E-state index contributed by atoms with van der Waals surface area (Å²) in [6.07, 6.45) is 3.27. The van der Waals surface area contributed by atoms with Crippen LogP contribution in [0.15, 0.2) is 71.4 Å². The van der Waals surface area contributed by atoms with Gasteiger partial charge in [0.25, 0.3) is 0 Å². The zero-order chi connectivity index (χ0) is 24.2. The third-order valence-corrected chi connectivity index (χ3v) is 5.99. The second-order valence-electron chi connectivity index (χ2n) is 7.91. The van der Waals surface area contributed by atoms with Gasteiger partial charge in [-0.05, 0) is 56.2 Å². The molecule has 0 aliphatic carbocycles. The molecule has 4 rings (SSSR count). The second-order valence-corrected chi connectivity index (χ2v) is 8.31. The number of ether oxygens (including phenoxy) is 2. The lowest BCUT2D eigenvalue weighted by molar-refractivity contribution is -0.111. The van der Waals surface area contributed by atoms with Gasteiger partial charge in [-0.15, -0.1) is 0 Å². The Morgan fingerprint density at radius 3 is 2.62 bits per heavy atom. The maximum Gasteiger partial charge on any atom is 0.248 e. The largest absolute Gasteiger partial charge is 0.496 e. The molecule has 0 bridgehead atoms. The number of methoxy groups -OCH3 is 1. The number of rotatable bonds is 7. The minimum absolute atomic E-state index is 0.253. The van der Waals surface area contributed by atoms with Crippen molar-refractivity contribution in [3.8, 4) is 22.6 Å². The van der Waals surface area contributed by atoms with Gasteiger partial charge in [0.1, 0.15) is 17.1 Å². The molecular weight excluding hydrogens is 450 g/mol. The van der Waals surface area contributed by atoms with E-state index in [1.54, 1.807) is 25.5 Å². The van der Waals surface area contributed by atoms with Crippen LogP contribution in [0.1, 0.15) is 25.0 Å². The summed E-state index contributed by atoms with van der Waals surface area (Å²) in [4.78, 5) is 12.7. The van der Waals surface area contributed by atoms with Crippen molar-refractivity contribution in [1.29, 1.82) is 0 Å². The quantitative estimate of drug-likeness (QED) is 0.281. The molecule has 0 spiro atoms. The Kier molecular flexibility index (Phi) is 6.94. The van der Waals surface area contributed by atoms with Crippen molar-refractivity contribution in [3.05, 3.63) is 83.1 Å². The molecule has 0 saturated heterocycles. The van der Waals surface area contributed by atoms with E-state index in [-0.39, 0.29) is 5.91 Å². The van der Waals surface area contributed by atoms with Crippen LogP contribution < -0.4 is 14.8 Å². The van der Waals surface area contributed by atoms with E-state index in [2.05, 4.69) is 5.32 Å². The molecule has 3 aromatic carbocycles. The molecule has 0 radical (unpaired) electrons. The molecular formula is C28H26ClNO4. The lowest BCUT2D eigenvalue weighted by Crippen LogP contribution is -2.09. The van der Waals surface area contributed by atoms with E-state index in [0.717, 1.165) is 39.0 Å². The topological polar surface area (TPSA) is 60.7 Å². The molecule has 0 aliphatic rings. The minimum Gasteiger partial charge on any atom is -0.496 e. The SMILES string of the molecule is CCOc1cc2occ(-c3ccccc3OC)c2cc1/C(C)=C/C(=O)Nc1ccc(C)c(Cl)c1. The Balaban J connectivity index is 1.74. The maximum atomic E-state index is 12.7. The number of anilines is 1. The van der Waals surface area contributed by atoms with E-state index in [1.807, 2.05) is 69.3 Å². The highest BCUT2D eigenvalue weighted by Gasteiger charge is 2.17. The number of hydrogen-bond donors (Lipinski definition) is 1. The lowest BCUT2D eigenvalue weighted by atomic mass is 9.98. The van der Waals surface area contributed by atoms with Gasteiger partial charge < -0.3 is 19.2 Å². The van der Waals surface area contributed by atoms with Gasteiger partial charge in [-0.1, -0.05) is 35.9 Å². The van der Waals surface area contributed by atoms with Crippen molar-refractivity contribution in [2.24, 2.45) is 0 Å². The first-order valence-electron chi connectivity index (χ1n) is 11.0. The number of halogens is 1. The molecule has 1 amide bonds. The van der Waals surface area contributed by atoms with Crippen molar-refractivity contribution in [3.63, 3.8) is 0 Å². The van der Waals surface area contributed by atoms with Crippen LogP contribution in [-0.4, -0.2) is 19.6 Å². The number of furan rings is 1. The van der Waals surface area contributed by atoms with Crippen molar-refractivity contribution in [1.82, 2.24) is 0 Å². The Hall–Kier alpha value is -3.70. The molecule has 1 heterocycles. The van der Waals surface area contributed by atoms with E-state index in [9.17, 15) is 4.79 Å². The summed E-state index contributed by atoms with van der Waals surface area (Å²) >= 11 is 6.19. The number of aryl methyl sites for hydroxylation is 1. The van der Waals surface area contributed by atoms with Crippen LogP contribution in [0, 0.1) is 6.92 Å². The number of para-hydroxylation sites is 1. The normalized spacial score (nSPS) is 11.5. The van der Waals surface area contributed by atoms with Crippen molar-refractivity contribution in [2.45, 2.75) is 20.8 Å². The zero-order valence-electron chi connectivity index (χ0n) is 19.6. The molecule has 5 nitrogen and oxygen atoms in total. The molecule has 6 heteroatoms. The number of nitrogens with one attached hydrogen (secondary N) is 1. The standard InChI is InChI=1S/C28H26ClNO4/c1-5-33-26-15-27-22(23(16-34-27)20-8-6-7-9-25(20)32-4)14-21(26)18(3)12-28(31)30-19-11-10-17(2)24(29)13-19/h6-16H,5H2,1-4H3,(H,30,31)/b18-12+. The first-order valence-corrected chi connectivity index (χ1v) is 11.4. The molecule has 34 heavy (non-hydrogen) atoms. The predicted molar refractivity (Wildman–Crippen MR) is 138 cm³/mol. The highest BCUT2D eigenvalue weighted by molar-refractivity contribution is 6.31. The first kappa shape index (κ1) is 23.5. The van der Waals surface area contributed by atoms with Crippen molar-refractivity contribution in [2.75, 3.05) is 19.0 Å². The van der Waals surface area contributed by atoms with Crippen LogP contribution in [0.25, 0.3) is 27.7 Å². The van der Waals surface area contributed by atoms with Crippen LogP contribution in [-0.2, 0) is 4.79 Å². The summed E-state index contributed by atoms with van der Waals surface area (Å²) in [5, 5.41) is 4.38. The highest BCUT2D eigenvalue weighted by atomic mass is 35.5. The summed E-state index contributed by atoms with van der Waals surface area (Å²) in [7, 11) is 1.65. The molecule has 0 atom stereocenters. The first-order chi connectivity index (χ1) is 16.4. The number of allylic oxidation sites excluding steroid dienone is 1. The Labute approximate surface area is 203 Å². The van der Waals surface area contributed by atoms with Crippen LogP contribution in [0.4, 0.5) is 5.69 Å². The van der Waals surface area contributed by atoms with Crippen molar-refractivity contribution < 1.29 is 18.7 Å². The summed E-state index contributed by atoms with van der Waals surface area (Å²) < 4.78 is 17.3. The summed E-state index contributed by atoms with van der Waals surface area (Å²) in [6, 6.07) is 17.1. The van der Waals surface area contributed by atoms with Crippen LogP contribution >= 0.6 is 11.6 Å². The van der Waals surface area contributed by atoms with Gasteiger partial charge in [0.05, 0.1) is 20.0 Å². The van der Waals surface area contributed by atoms with Gasteiger partial charge in [0, 0.05) is 44.9 Å². The Morgan fingerprint density at radius 1 is 1.09 bits per heavy atom. The fraction of sp³-hybridized carbons (Fsp3) is 0.179. The van der Waals surface area contributed by atoms with Gasteiger partial charge in [-0.3, -0.25) is 4.79 Å². The number of amides is 1. The molecule has 1 aromatic heterocycles. The van der Waals surface area contributed by atoms with Crippen molar-refractivity contribution >= 4 is 39.7 Å².